The number of nitrogens with one attached hydrogen (secondary N) is 1. The molecule has 0 fully saturated rings. The maximum Gasteiger partial charge on any atom is 0.255 e. The van der Waals surface area contributed by atoms with E-state index in [4.69, 9.17) is 9.47 Å². The molecule has 0 bridgehead atoms. The summed E-state index contributed by atoms with van der Waals surface area (Å²) in [6.45, 7) is 3.71. The van der Waals surface area contributed by atoms with Crippen LogP contribution in [-0.4, -0.2) is 41.3 Å². The number of nitrogens with zero attached hydrogens (tertiary/aromatic N) is 1. The zero-order valence-corrected chi connectivity index (χ0v) is 16.2. The molecule has 1 N–H and O–H groups in total. The standard InChI is InChI=1S/C19H22N2O5S/c1-5-12-21(27(4,23)24)15-8-6-14(7-9-15)19(22)20-17-13-16(25-2)10-11-18(17)26-3/h5-11,13H,1,12H2,2-4H3,(H,20,22). The Kier molecular flexibility index (Phi) is 6.46. The lowest BCUT2D eigenvalue weighted by Gasteiger charge is -2.20. The van der Waals surface area contributed by atoms with Crippen molar-refractivity contribution in [2.24, 2.45) is 0 Å². The molecule has 8 heteroatoms. The predicted molar refractivity (Wildman–Crippen MR) is 106 cm³/mol. The summed E-state index contributed by atoms with van der Waals surface area (Å²) in [5.74, 6) is 0.715. The first kappa shape index (κ1) is 20.3. The average Bonchev–Trinajstić information content (AvgIpc) is 2.65. The maximum atomic E-state index is 12.5. The van der Waals surface area contributed by atoms with Gasteiger partial charge in [-0.15, -0.1) is 6.58 Å². The largest absolute Gasteiger partial charge is 0.497 e. The Bertz CT molecular complexity index is 924. The average molecular weight is 390 g/mol. The van der Waals surface area contributed by atoms with Gasteiger partial charge in [-0.3, -0.25) is 9.10 Å². The first-order valence-electron chi connectivity index (χ1n) is 8.02. The van der Waals surface area contributed by atoms with Gasteiger partial charge in [0.15, 0.2) is 0 Å². The van der Waals surface area contributed by atoms with Crippen LogP contribution < -0.4 is 19.1 Å². The molecular formula is C19H22N2O5S. The molecular weight excluding hydrogens is 368 g/mol. The number of methoxy groups -OCH3 is 2. The van der Waals surface area contributed by atoms with Crippen LogP contribution in [0, 0.1) is 0 Å². The van der Waals surface area contributed by atoms with Gasteiger partial charge >= 0.3 is 0 Å². The molecule has 0 saturated carbocycles. The number of ether oxygens (including phenoxy) is 2. The highest BCUT2D eigenvalue weighted by Crippen LogP contribution is 2.29. The van der Waals surface area contributed by atoms with Gasteiger partial charge in [0.1, 0.15) is 11.5 Å². The molecule has 0 aliphatic rings. The molecule has 27 heavy (non-hydrogen) atoms. The minimum Gasteiger partial charge on any atom is -0.497 e. The third kappa shape index (κ3) is 5.01. The molecule has 0 spiro atoms. The summed E-state index contributed by atoms with van der Waals surface area (Å²) >= 11 is 0. The SMILES string of the molecule is C=CCN(c1ccc(C(=O)Nc2cc(OC)ccc2OC)cc1)S(C)(=O)=O. The number of carbonyl (C=O) groups is 1. The highest BCUT2D eigenvalue weighted by atomic mass is 32.2. The van der Waals surface area contributed by atoms with E-state index in [-0.39, 0.29) is 12.5 Å². The first-order valence-corrected chi connectivity index (χ1v) is 9.87. The predicted octanol–water partition coefficient (Wildman–Crippen LogP) is 2.91. The quantitative estimate of drug-likeness (QED) is 0.701. The van der Waals surface area contributed by atoms with Crippen LogP contribution in [0.5, 0.6) is 11.5 Å². The third-order valence-electron chi connectivity index (χ3n) is 3.77. The molecule has 0 saturated heterocycles. The first-order chi connectivity index (χ1) is 12.8. The van der Waals surface area contributed by atoms with Crippen molar-refractivity contribution in [3.05, 3.63) is 60.7 Å². The fourth-order valence-electron chi connectivity index (χ4n) is 2.43. The Morgan fingerprint density at radius 2 is 1.81 bits per heavy atom. The summed E-state index contributed by atoms with van der Waals surface area (Å²) in [5.41, 5.74) is 1.29. The third-order valence-corrected chi connectivity index (χ3v) is 4.93. The van der Waals surface area contributed by atoms with Gasteiger partial charge in [-0.25, -0.2) is 8.42 Å². The number of amides is 1. The fraction of sp³-hybridized carbons (Fsp3) is 0.211. The molecule has 1 amide bonds. The van der Waals surface area contributed by atoms with Gasteiger partial charge in [-0.2, -0.15) is 0 Å². The molecule has 0 radical (unpaired) electrons. The van der Waals surface area contributed by atoms with Gasteiger partial charge in [0.2, 0.25) is 10.0 Å². The van der Waals surface area contributed by atoms with Crippen molar-refractivity contribution >= 4 is 27.3 Å². The van der Waals surface area contributed by atoms with Crippen LogP contribution in [0.1, 0.15) is 10.4 Å². The van der Waals surface area contributed by atoms with Crippen LogP contribution in [-0.2, 0) is 10.0 Å². The Labute approximate surface area is 159 Å². The van der Waals surface area contributed by atoms with E-state index in [1.165, 1.54) is 24.6 Å². The van der Waals surface area contributed by atoms with Crippen molar-refractivity contribution < 1.29 is 22.7 Å². The monoisotopic (exact) mass is 390 g/mol. The summed E-state index contributed by atoms with van der Waals surface area (Å²) in [4.78, 5) is 12.5. The lowest BCUT2D eigenvalue weighted by molar-refractivity contribution is 0.102. The van der Waals surface area contributed by atoms with E-state index in [2.05, 4.69) is 11.9 Å². The minimum atomic E-state index is -3.45. The van der Waals surface area contributed by atoms with E-state index in [0.717, 1.165) is 6.26 Å². The zero-order valence-electron chi connectivity index (χ0n) is 15.4. The molecule has 0 aliphatic heterocycles. The summed E-state index contributed by atoms with van der Waals surface area (Å²) in [6.07, 6.45) is 2.61. The number of hydrogen-bond acceptors (Lipinski definition) is 5. The lowest BCUT2D eigenvalue weighted by Crippen LogP contribution is -2.29. The zero-order chi connectivity index (χ0) is 20.0. The van der Waals surface area contributed by atoms with Crippen LogP contribution >= 0.6 is 0 Å². The van der Waals surface area contributed by atoms with Crippen LogP contribution in [0.25, 0.3) is 0 Å². The Balaban J connectivity index is 2.25. The van der Waals surface area contributed by atoms with Gasteiger partial charge in [0.25, 0.3) is 5.91 Å². The molecule has 2 rings (SSSR count). The Morgan fingerprint density at radius 1 is 1.15 bits per heavy atom. The van der Waals surface area contributed by atoms with Gasteiger partial charge in [-0.1, -0.05) is 6.08 Å². The Morgan fingerprint density at radius 3 is 2.33 bits per heavy atom. The lowest BCUT2D eigenvalue weighted by atomic mass is 10.2. The van der Waals surface area contributed by atoms with Crippen molar-refractivity contribution in [1.82, 2.24) is 0 Å². The van der Waals surface area contributed by atoms with Crippen LogP contribution in [0.2, 0.25) is 0 Å². The number of hydrogen-bond donors (Lipinski definition) is 1. The van der Waals surface area contributed by atoms with Gasteiger partial charge in [0, 0.05) is 11.6 Å². The van der Waals surface area contributed by atoms with Crippen LogP contribution in [0.3, 0.4) is 0 Å². The normalized spacial score (nSPS) is 10.8. The second kappa shape index (κ2) is 8.59. The van der Waals surface area contributed by atoms with E-state index in [9.17, 15) is 13.2 Å². The summed E-state index contributed by atoms with van der Waals surface area (Å²) < 4.78 is 35.4. The molecule has 0 aliphatic carbocycles. The van der Waals surface area contributed by atoms with E-state index in [1.807, 2.05) is 0 Å². The fourth-order valence-corrected chi connectivity index (χ4v) is 3.32. The summed E-state index contributed by atoms with van der Waals surface area (Å²) in [7, 11) is -0.411. The van der Waals surface area contributed by atoms with Gasteiger partial charge in [-0.05, 0) is 36.4 Å². The molecule has 0 atom stereocenters. The molecule has 0 heterocycles. The second-order valence-electron chi connectivity index (χ2n) is 5.65. The van der Waals surface area contributed by atoms with E-state index in [0.29, 0.717) is 28.4 Å². The second-order valence-corrected chi connectivity index (χ2v) is 7.56. The highest BCUT2D eigenvalue weighted by molar-refractivity contribution is 7.92. The highest BCUT2D eigenvalue weighted by Gasteiger charge is 2.17. The number of benzene rings is 2. The maximum absolute atomic E-state index is 12.5. The van der Waals surface area contributed by atoms with Crippen molar-refractivity contribution in [1.29, 1.82) is 0 Å². The number of rotatable bonds is 8. The molecule has 0 unspecified atom stereocenters. The molecule has 2 aromatic rings. The van der Waals surface area contributed by atoms with Crippen molar-refractivity contribution in [2.45, 2.75) is 0 Å². The summed E-state index contributed by atoms with van der Waals surface area (Å²) in [6, 6.07) is 11.3. The van der Waals surface area contributed by atoms with Gasteiger partial charge in [0.05, 0.1) is 38.4 Å². The van der Waals surface area contributed by atoms with E-state index in [1.54, 1.807) is 42.5 Å². The van der Waals surface area contributed by atoms with Crippen molar-refractivity contribution in [2.75, 3.05) is 36.6 Å². The molecule has 0 aromatic heterocycles. The smallest absolute Gasteiger partial charge is 0.255 e. The molecule has 7 nitrogen and oxygen atoms in total. The number of carbonyl (C=O) groups excluding carboxylic acids is 1. The van der Waals surface area contributed by atoms with Crippen LogP contribution in [0.4, 0.5) is 11.4 Å². The number of anilines is 2. The van der Waals surface area contributed by atoms with Crippen molar-refractivity contribution in [3.63, 3.8) is 0 Å². The van der Waals surface area contributed by atoms with Crippen LogP contribution in [0.15, 0.2) is 55.1 Å². The molecule has 2 aromatic carbocycles. The number of sulfonamides is 1. The Hall–Kier alpha value is -3.00. The molecule has 144 valence electrons. The van der Waals surface area contributed by atoms with Crippen molar-refractivity contribution in [3.8, 4) is 11.5 Å². The van der Waals surface area contributed by atoms with Gasteiger partial charge < -0.3 is 14.8 Å². The topological polar surface area (TPSA) is 84.9 Å². The summed E-state index contributed by atoms with van der Waals surface area (Å²) in [5, 5.41) is 2.76. The minimum absolute atomic E-state index is 0.144. The van der Waals surface area contributed by atoms with E-state index < -0.39 is 10.0 Å². The van der Waals surface area contributed by atoms with E-state index >= 15 is 0 Å².